The highest BCUT2D eigenvalue weighted by Gasteiger charge is 2.44. The maximum atomic E-state index is 12.5. The fourth-order valence-corrected chi connectivity index (χ4v) is 3.52. The molecular weight excluding hydrogens is 352 g/mol. The Morgan fingerprint density at radius 1 is 1.22 bits per heavy atom. The van der Waals surface area contributed by atoms with E-state index in [1.54, 1.807) is 10.8 Å². The van der Waals surface area contributed by atoms with E-state index in [0.29, 0.717) is 23.1 Å². The number of aliphatic hydroxyl groups excluding tert-OH is 3. The third-order valence-electron chi connectivity index (χ3n) is 4.81. The Morgan fingerprint density at radius 3 is 2.63 bits per heavy atom. The molecule has 27 heavy (non-hydrogen) atoms. The number of H-pyrrole nitrogens is 1. The molecule has 1 aliphatic rings. The summed E-state index contributed by atoms with van der Waals surface area (Å²) >= 11 is 0. The summed E-state index contributed by atoms with van der Waals surface area (Å²) in [6, 6.07) is 9.55. The Morgan fingerprint density at radius 2 is 1.96 bits per heavy atom. The molecule has 2 aromatic heterocycles. The normalized spacial score (nSPS) is 25.3. The number of nitrogens with one attached hydrogen (secondary N) is 1. The molecule has 0 saturated carbocycles. The molecule has 0 amide bonds. The SMILES string of the molecule is Nc1nc2c([C@@H]3O[C@H](CO)[C@@H](O)[C@H]3O)cn(Cc3ccccc3)c2c(=O)[nH]1. The average Bonchev–Trinajstić information content (AvgIpc) is 3.14. The average molecular weight is 372 g/mol. The van der Waals surface area contributed by atoms with Crippen LogP contribution in [0.2, 0.25) is 0 Å². The van der Waals surface area contributed by atoms with Gasteiger partial charge < -0.3 is 30.4 Å². The van der Waals surface area contributed by atoms with Crippen LogP contribution in [0, 0.1) is 0 Å². The zero-order valence-corrected chi connectivity index (χ0v) is 14.3. The van der Waals surface area contributed by atoms with Gasteiger partial charge in [0.05, 0.1) is 6.61 Å². The summed E-state index contributed by atoms with van der Waals surface area (Å²) in [4.78, 5) is 19.2. The summed E-state index contributed by atoms with van der Waals surface area (Å²) in [6.07, 6.45) is -2.70. The van der Waals surface area contributed by atoms with Gasteiger partial charge in [-0.15, -0.1) is 0 Å². The highest BCUT2D eigenvalue weighted by molar-refractivity contribution is 5.80. The molecule has 0 spiro atoms. The largest absolute Gasteiger partial charge is 0.394 e. The first-order chi connectivity index (χ1) is 13.0. The van der Waals surface area contributed by atoms with Gasteiger partial charge in [-0.3, -0.25) is 9.78 Å². The second-order valence-corrected chi connectivity index (χ2v) is 6.61. The predicted octanol–water partition coefficient (Wildman–Crippen LogP) is -0.491. The molecule has 4 atom stereocenters. The van der Waals surface area contributed by atoms with E-state index in [0.717, 1.165) is 5.56 Å². The van der Waals surface area contributed by atoms with Crippen LogP contribution >= 0.6 is 0 Å². The lowest BCUT2D eigenvalue weighted by Crippen LogP contribution is -2.32. The van der Waals surface area contributed by atoms with Crippen LogP contribution in [0.1, 0.15) is 17.2 Å². The molecule has 1 fully saturated rings. The molecule has 9 heteroatoms. The van der Waals surface area contributed by atoms with Crippen molar-refractivity contribution >= 4 is 17.0 Å². The Balaban J connectivity index is 1.85. The number of aromatic amines is 1. The van der Waals surface area contributed by atoms with Crippen molar-refractivity contribution in [2.24, 2.45) is 0 Å². The van der Waals surface area contributed by atoms with Crippen molar-refractivity contribution in [1.82, 2.24) is 14.5 Å². The molecule has 142 valence electrons. The Labute approximate surface area is 153 Å². The number of hydrogen-bond acceptors (Lipinski definition) is 7. The van der Waals surface area contributed by atoms with Crippen LogP contribution < -0.4 is 11.3 Å². The summed E-state index contributed by atoms with van der Waals surface area (Å²) in [5.41, 5.74) is 7.28. The van der Waals surface area contributed by atoms with Gasteiger partial charge in [0, 0.05) is 18.3 Å². The summed E-state index contributed by atoms with van der Waals surface area (Å²) in [5.74, 6) is -0.0574. The van der Waals surface area contributed by atoms with Crippen molar-refractivity contribution in [3.63, 3.8) is 0 Å². The van der Waals surface area contributed by atoms with E-state index in [9.17, 15) is 20.1 Å². The minimum atomic E-state index is -1.26. The molecule has 0 aliphatic carbocycles. The second-order valence-electron chi connectivity index (χ2n) is 6.61. The van der Waals surface area contributed by atoms with Crippen molar-refractivity contribution < 1.29 is 20.1 Å². The summed E-state index contributed by atoms with van der Waals surface area (Å²) in [7, 11) is 0. The highest BCUT2D eigenvalue weighted by atomic mass is 16.6. The van der Waals surface area contributed by atoms with Crippen LogP contribution in [-0.2, 0) is 11.3 Å². The minimum absolute atomic E-state index is 0.0574. The number of rotatable bonds is 4. The number of hydrogen-bond donors (Lipinski definition) is 5. The molecule has 0 bridgehead atoms. The molecule has 0 unspecified atom stereocenters. The number of nitrogens with zero attached hydrogens (tertiary/aromatic N) is 2. The maximum absolute atomic E-state index is 12.5. The monoisotopic (exact) mass is 372 g/mol. The maximum Gasteiger partial charge on any atom is 0.276 e. The lowest BCUT2D eigenvalue weighted by atomic mass is 10.0. The van der Waals surface area contributed by atoms with Gasteiger partial charge in [-0.1, -0.05) is 30.3 Å². The van der Waals surface area contributed by atoms with Crippen LogP contribution in [0.15, 0.2) is 41.3 Å². The van der Waals surface area contributed by atoms with Crippen molar-refractivity contribution in [3.05, 3.63) is 58.0 Å². The van der Waals surface area contributed by atoms with Crippen molar-refractivity contribution in [2.75, 3.05) is 12.3 Å². The minimum Gasteiger partial charge on any atom is -0.394 e. The predicted molar refractivity (Wildman–Crippen MR) is 97.0 cm³/mol. The summed E-state index contributed by atoms with van der Waals surface area (Å²) < 4.78 is 7.32. The van der Waals surface area contributed by atoms with Crippen LogP contribution in [0.25, 0.3) is 11.0 Å². The summed E-state index contributed by atoms with van der Waals surface area (Å²) in [5, 5.41) is 29.8. The highest BCUT2D eigenvalue weighted by Crippen LogP contribution is 2.37. The van der Waals surface area contributed by atoms with Gasteiger partial charge in [0.25, 0.3) is 5.56 Å². The molecule has 3 heterocycles. The molecule has 9 nitrogen and oxygen atoms in total. The number of nitrogens with two attached hydrogens (primary N) is 1. The van der Waals surface area contributed by atoms with Crippen LogP contribution in [-0.4, -0.2) is 54.8 Å². The zero-order valence-electron chi connectivity index (χ0n) is 14.3. The molecule has 1 aromatic carbocycles. The molecular formula is C18H20N4O5. The van der Waals surface area contributed by atoms with Crippen LogP contribution in [0.5, 0.6) is 0 Å². The molecule has 1 aliphatic heterocycles. The molecule has 3 aromatic rings. The topological polar surface area (TPSA) is 147 Å². The fraction of sp³-hybridized carbons (Fsp3) is 0.333. The Bertz CT molecular complexity index is 1020. The van der Waals surface area contributed by atoms with Gasteiger partial charge in [-0.05, 0) is 5.56 Å². The molecule has 4 rings (SSSR count). The fourth-order valence-electron chi connectivity index (χ4n) is 3.52. The Hall–Kier alpha value is -2.72. The number of nitrogen functional groups attached to an aromatic ring is 1. The molecule has 1 saturated heterocycles. The van der Waals surface area contributed by atoms with E-state index < -0.39 is 36.6 Å². The smallest absolute Gasteiger partial charge is 0.276 e. The van der Waals surface area contributed by atoms with Crippen LogP contribution in [0.4, 0.5) is 5.95 Å². The van der Waals surface area contributed by atoms with E-state index in [1.165, 1.54) is 0 Å². The molecule has 0 radical (unpaired) electrons. The Kier molecular flexibility index (Phi) is 4.44. The standard InChI is InChI=1S/C18H20N4O5/c19-18-20-12-10(16-15(25)14(24)11(8-23)27-16)7-22(13(12)17(26)21-18)6-9-4-2-1-3-5-9/h1-5,7,11,14-16,23-25H,6,8H2,(H3,19,20,21,26)/t11-,14-,15-,16+/m1/s1. The van der Waals surface area contributed by atoms with E-state index in [-0.39, 0.29) is 5.95 Å². The number of anilines is 1. The first-order valence-corrected chi connectivity index (χ1v) is 8.54. The lowest BCUT2D eigenvalue weighted by Gasteiger charge is -2.13. The van der Waals surface area contributed by atoms with E-state index in [4.69, 9.17) is 10.5 Å². The zero-order chi connectivity index (χ0) is 19.1. The number of aliphatic hydroxyl groups is 3. The van der Waals surface area contributed by atoms with Gasteiger partial charge >= 0.3 is 0 Å². The number of aromatic nitrogens is 3. The van der Waals surface area contributed by atoms with E-state index in [1.807, 2.05) is 30.3 Å². The van der Waals surface area contributed by atoms with E-state index >= 15 is 0 Å². The second kappa shape index (κ2) is 6.78. The summed E-state index contributed by atoms with van der Waals surface area (Å²) in [6.45, 7) is -0.0334. The van der Waals surface area contributed by atoms with Crippen molar-refractivity contribution in [2.45, 2.75) is 31.0 Å². The van der Waals surface area contributed by atoms with E-state index in [2.05, 4.69) is 9.97 Å². The van der Waals surface area contributed by atoms with Gasteiger partial charge in [0.2, 0.25) is 5.95 Å². The van der Waals surface area contributed by atoms with Gasteiger partial charge in [-0.25, -0.2) is 4.98 Å². The van der Waals surface area contributed by atoms with Crippen molar-refractivity contribution in [3.8, 4) is 0 Å². The lowest BCUT2D eigenvalue weighted by molar-refractivity contribution is -0.0224. The molecule has 6 N–H and O–H groups in total. The first kappa shape index (κ1) is 17.7. The van der Waals surface area contributed by atoms with Gasteiger partial charge in [0.15, 0.2) is 0 Å². The quantitative estimate of drug-likeness (QED) is 0.415. The number of ether oxygens (including phenoxy) is 1. The number of benzene rings is 1. The number of fused-ring (bicyclic) bond motifs is 1. The van der Waals surface area contributed by atoms with Crippen molar-refractivity contribution in [1.29, 1.82) is 0 Å². The first-order valence-electron chi connectivity index (χ1n) is 8.54. The third-order valence-corrected chi connectivity index (χ3v) is 4.81. The van der Waals surface area contributed by atoms with Crippen LogP contribution in [0.3, 0.4) is 0 Å². The van der Waals surface area contributed by atoms with Gasteiger partial charge in [0.1, 0.15) is 35.4 Å². The van der Waals surface area contributed by atoms with Gasteiger partial charge in [-0.2, -0.15) is 0 Å². The third kappa shape index (κ3) is 3.00.